The van der Waals surface area contributed by atoms with Crippen LogP contribution in [0.4, 0.5) is 0 Å². The first-order chi connectivity index (χ1) is 21.9. The number of ketones is 1. The fourth-order valence-corrected chi connectivity index (χ4v) is 6.53. The van der Waals surface area contributed by atoms with E-state index in [1.807, 2.05) is 25.2 Å². The Hall–Kier alpha value is -2.17. The summed E-state index contributed by atoms with van der Waals surface area (Å²) in [5.74, 6) is -1.42. The summed E-state index contributed by atoms with van der Waals surface area (Å²) in [4.78, 5) is 25.7. The van der Waals surface area contributed by atoms with Crippen LogP contribution in [-0.4, -0.2) is 114 Å². The highest BCUT2D eigenvalue weighted by molar-refractivity contribution is 7.89. The molecule has 46 heavy (non-hydrogen) atoms. The molecule has 2 aromatic carbocycles. The number of hydrogen-bond acceptors (Lipinski definition) is 10. The predicted molar refractivity (Wildman–Crippen MR) is 174 cm³/mol. The topological polar surface area (TPSA) is 164 Å². The van der Waals surface area contributed by atoms with Gasteiger partial charge in [-0.25, -0.2) is 13.1 Å². The Bertz CT molecular complexity index is 1400. The monoisotopic (exact) mass is 703 g/mol. The third-order valence-corrected chi connectivity index (χ3v) is 9.34. The van der Waals surface area contributed by atoms with Gasteiger partial charge in [-0.2, -0.15) is 0 Å². The Kier molecular flexibility index (Phi) is 15.8. The number of aliphatic hydroxyl groups is 2. The molecule has 256 valence electrons. The van der Waals surface area contributed by atoms with Crippen LogP contribution in [0.25, 0.3) is 0 Å². The number of benzene rings is 2. The van der Waals surface area contributed by atoms with Gasteiger partial charge in [0.15, 0.2) is 11.9 Å². The van der Waals surface area contributed by atoms with Crippen molar-refractivity contribution in [3.05, 3.63) is 63.1 Å². The summed E-state index contributed by atoms with van der Waals surface area (Å²) in [6.45, 7) is 4.78. The van der Waals surface area contributed by atoms with E-state index >= 15 is 0 Å². The van der Waals surface area contributed by atoms with E-state index < -0.39 is 33.9 Å². The fourth-order valence-electron chi connectivity index (χ4n) is 4.95. The number of rotatable bonds is 20. The van der Waals surface area contributed by atoms with E-state index in [1.54, 1.807) is 25.1 Å². The number of halogens is 2. The molecule has 3 rings (SSSR count). The molecule has 0 radical (unpaired) electrons. The van der Waals surface area contributed by atoms with Crippen LogP contribution in [0, 0.1) is 0 Å². The molecule has 12 nitrogen and oxygen atoms in total. The van der Waals surface area contributed by atoms with Crippen molar-refractivity contribution in [1.82, 2.24) is 14.9 Å². The van der Waals surface area contributed by atoms with Crippen LogP contribution in [0.5, 0.6) is 0 Å². The average molecular weight is 705 g/mol. The van der Waals surface area contributed by atoms with Gasteiger partial charge in [-0.1, -0.05) is 42.3 Å². The zero-order chi connectivity index (χ0) is 33.7. The lowest BCUT2D eigenvalue weighted by Crippen LogP contribution is -2.46. The first-order valence-corrected chi connectivity index (χ1v) is 17.3. The number of nitrogens with zero attached hydrogens (tertiary/aromatic N) is 1. The summed E-state index contributed by atoms with van der Waals surface area (Å²) < 4.78 is 44.3. The summed E-state index contributed by atoms with van der Waals surface area (Å²) in [6, 6.07) is 10.5. The van der Waals surface area contributed by atoms with E-state index in [0.29, 0.717) is 16.5 Å². The molecule has 1 heterocycles. The number of hydrogen-bond donors (Lipinski definition) is 4. The van der Waals surface area contributed by atoms with Gasteiger partial charge in [0.05, 0.1) is 44.5 Å². The number of sulfonamides is 1. The molecule has 2 unspecified atom stereocenters. The van der Waals surface area contributed by atoms with E-state index in [2.05, 4.69) is 14.9 Å². The number of likely N-dealkylation sites (N-methyl/N-ethyl adjacent to an activating group) is 1. The number of Topliss-reactive ketones (excluding diaryl/α,β-unsaturated/α-hetero) is 1. The number of nitrogens with one attached hydrogen (secondary N) is 2. The maximum atomic E-state index is 12.8. The zero-order valence-electron chi connectivity index (χ0n) is 26.0. The fraction of sp³-hybridized carbons (Fsp3) is 0.548. The molecular weight excluding hydrogens is 661 g/mol. The van der Waals surface area contributed by atoms with Crippen molar-refractivity contribution in [2.75, 3.05) is 66.3 Å². The van der Waals surface area contributed by atoms with Gasteiger partial charge >= 0.3 is 0 Å². The van der Waals surface area contributed by atoms with Gasteiger partial charge in [0.1, 0.15) is 6.10 Å². The minimum absolute atomic E-state index is 0.00862. The first-order valence-electron chi connectivity index (χ1n) is 15.1. The molecule has 0 aliphatic carbocycles. The normalized spacial score (nSPS) is 16.5. The van der Waals surface area contributed by atoms with Crippen LogP contribution in [0.2, 0.25) is 10.0 Å². The number of carbonyl (C=O) groups excluding carboxylic acids is 2. The highest BCUT2D eigenvalue weighted by Gasteiger charge is 2.29. The lowest BCUT2D eigenvalue weighted by Gasteiger charge is -2.33. The standard InChI is InChI=1S/C31H43Cl2N3O9S/c1-3-4-28(37)29(38)30(39)31(40)34-9-11-43-13-15-45-16-14-44-12-10-35-46(41,42)23-7-5-21(6-8-23)25-19-36(2)20-26-24(25)17-22(32)18-27(26)33/h5-8,17-18,25,29-30,35,38-39H,3-4,9-16,19-20H2,1-2H3,(H,34,40)/t25-,29?,30?/m0/s1. The second kappa shape index (κ2) is 19.0. The summed E-state index contributed by atoms with van der Waals surface area (Å²) in [6.07, 6.45) is -2.98. The minimum Gasteiger partial charge on any atom is -0.382 e. The Labute approximate surface area is 280 Å². The quantitative estimate of drug-likeness (QED) is 0.150. The van der Waals surface area contributed by atoms with Gasteiger partial charge in [-0.05, 0) is 54.4 Å². The van der Waals surface area contributed by atoms with Gasteiger partial charge in [-0.15, -0.1) is 0 Å². The Morgan fingerprint density at radius 2 is 1.57 bits per heavy atom. The van der Waals surface area contributed by atoms with Crippen molar-refractivity contribution in [2.45, 2.75) is 49.3 Å². The number of aliphatic hydroxyl groups excluding tert-OH is 2. The van der Waals surface area contributed by atoms with Crippen LogP contribution in [0.15, 0.2) is 41.3 Å². The molecule has 0 spiro atoms. The van der Waals surface area contributed by atoms with E-state index in [1.165, 1.54) is 0 Å². The molecule has 0 fully saturated rings. The molecule has 0 bridgehead atoms. The van der Waals surface area contributed by atoms with Gasteiger partial charge in [-0.3, -0.25) is 9.59 Å². The van der Waals surface area contributed by atoms with Crippen LogP contribution >= 0.6 is 23.2 Å². The van der Waals surface area contributed by atoms with Crippen molar-refractivity contribution >= 4 is 44.9 Å². The van der Waals surface area contributed by atoms with Gasteiger partial charge in [0.25, 0.3) is 5.91 Å². The highest BCUT2D eigenvalue weighted by Crippen LogP contribution is 2.38. The number of fused-ring (bicyclic) bond motifs is 1. The Balaban J connectivity index is 1.27. The largest absolute Gasteiger partial charge is 0.382 e. The van der Waals surface area contributed by atoms with Crippen LogP contribution in [0.3, 0.4) is 0 Å². The van der Waals surface area contributed by atoms with Crippen LogP contribution in [0.1, 0.15) is 42.4 Å². The van der Waals surface area contributed by atoms with Crippen molar-refractivity contribution in [1.29, 1.82) is 0 Å². The van der Waals surface area contributed by atoms with E-state index in [9.17, 15) is 28.2 Å². The first kappa shape index (κ1) is 38.3. The lowest BCUT2D eigenvalue weighted by molar-refractivity contribution is -0.145. The molecule has 1 aliphatic heterocycles. The zero-order valence-corrected chi connectivity index (χ0v) is 28.4. The van der Waals surface area contributed by atoms with Crippen molar-refractivity contribution < 1.29 is 42.4 Å². The molecule has 0 saturated heterocycles. The van der Waals surface area contributed by atoms with Gasteiger partial charge < -0.3 is 34.6 Å². The van der Waals surface area contributed by atoms with E-state index in [0.717, 1.165) is 29.8 Å². The molecule has 2 aromatic rings. The molecule has 4 N–H and O–H groups in total. The van der Waals surface area contributed by atoms with Crippen molar-refractivity contribution in [2.24, 2.45) is 0 Å². The summed E-state index contributed by atoms with van der Waals surface area (Å²) in [5, 5.41) is 23.0. The van der Waals surface area contributed by atoms with E-state index in [-0.39, 0.29) is 70.0 Å². The maximum absolute atomic E-state index is 12.8. The lowest BCUT2D eigenvalue weighted by atomic mass is 9.85. The van der Waals surface area contributed by atoms with E-state index in [4.69, 9.17) is 37.4 Å². The molecule has 0 aromatic heterocycles. The maximum Gasteiger partial charge on any atom is 0.252 e. The van der Waals surface area contributed by atoms with Crippen molar-refractivity contribution in [3.8, 4) is 0 Å². The summed E-state index contributed by atoms with van der Waals surface area (Å²) >= 11 is 12.7. The second-order valence-corrected chi connectivity index (χ2v) is 13.5. The number of ether oxygens (including phenoxy) is 3. The van der Waals surface area contributed by atoms with Crippen LogP contribution < -0.4 is 10.0 Å². The second-order valence-electron chi connectivity index (χ2n) is 10.9. The Morgan fingerprint density at radius 1 is 0.957 bits per heavy atom. The van der Waals surface area contributed by atoms with Gasteiger partial charge in [0.2, 0.25) is 10.0 Å². The molecule has 1 amide bonds. The van der Waals surface area contributed by atoms with Crippen LogP contribution in [-0.2, 0) is 40.4 Å². The third-order valence-electron chi connectivity index (χ3n) is 7.31. The molecule has 3 atom stereocenters. The number of carbonyl (C=O) groups is 2. The average Bonchev–Trinajstić information content (AvgIpc) is 3.02. The highest BCUT2D eigenvalue weighted by atomic mass is 35.5. The Morgan fingerprint density at radius 3 is 2.20 bits per heavy atom. The molecule has 0 saturated carbocycles. The summed E-state index contributed by atoms with van der Waals surface area (Å²) in [5.41, 5.74) is 3.05. The molecular formula is C31H43Cl2N3O9S. The third kappa shape index (κ3) is 11.5. The molecule has 1 aliphatic rings. The SMILES string of the molecule is CCCC(=O)C(O)C(O)C(=O)NCCOCCOCCOCCNS(=O)(=O)c1ccc([C@@H]2CN(C)Cc3c(Cl)cc(Cl)cc32)cc1. The van der Waals surface area contributed by atoms with Gasteiger partial charge in [0, 0.05) is 48.6 Å². The predicted octanol–water partition coefficient (Wildman–Crippen LogP) is 2.11. The number of amides is 1. The molecule has 15 heteroatoms. The smallest absolute Gasteiger partial charge is 0.252 e. The summed E-state index contributed by atoms with van der Waals surface area (Å²) in [7, 11) is -1.71. The minimum atomic E-state index is -3.72. The van der Waals surface area contributed by atoms with Crippen molar-refractivity contribution in [3.63, 3.8) is 0 Å².